The Hall–Kier alpha value is -3.40. The zero-order valence-corrected chi connectivity index (χ0v) is 19.5. The van der Waals surface area contributed by atoms with Crippen LogP contribution < -0.4 is 16.1 Å². The molecule has 7 nitrogen and oxygen atoms in total. The summed E-state index contributed by atoms with van der Waals surface area (Å²) in [5, 5.41) is 0.914. The maximum Gasteiger partial charge on any atom is 0.268 e. The second-order valence-corrected chi connectivity index (χ2v) is 9.13. The van der Waals surface area contributed by atoms with Gasteiger partial charge in [0.25, 0.3) is 5.91 Å². The first-order chi connectivity index (χ1) is 16.2. The summed E-state index contributed by atoms with van der Waals surface area (Å²) in [5.74, 6) is -3.02. The zero-order chi connectivity index (χ0) is 24.0. The summed E-state index contributed by atoms with van der Waals surface area (Å²) >= 11 is 3.39. The number of nitrogens with one attached hydrogen (secondary N) is 1. The molecule has 4 heterocycles. The molecular weight excluding hydrogens is 508 g/mol. The van der Waals surface area contributed by atoms with Gasteiger partial charge < -0.3 is 15.6 Å². The minimum absolute atomic E-state index is 0.0790. The molecule has 34 heavy (non-hydrogen) atoms. The quantitative estimate of drug-likeness (QED) is 0.404. The standard InChI is InChI=1S/C24H20BrF2N5O2/c25-18-19(30-16-6-9-29-20(22(28)34)17(16)21(18)33)14-12-13-4-1-2-5-15(13)31-23(14)32-10-3-7-24(26,27)8-11-32/h1-2,4-6,9,12H,3,7-8,10-11H2,(H2,28,34)(H,30,33). The summed E-state index contributed by atoms with van der Waals surface area (Å²) in [7, 11) is 0. The van der Waals surface area contributed by atoms with E-state index in [9.17, 15) is 18.4 Å². The lowest BCUT2D eigenvalue weighted by atomic mass is 10.1. The van der Waals surface area contributed by atoms with Crippen LogP contribution in [0.15, 0.2) is 51.9 Å². The third-order valence-corrected chi connectivity index (χ3v) is 6.84. The number of para-hydroxylation sites is 1. The molecule has 0 atom stereocenters. The van der Waals surface area contributed by atoms with Gasteiger partial charge in [-0.25, -0.2) is 13.8 Å². The van der Waals surface area contributed by atoms with Gasteiger partial charge in [0.05, 0.1) is 26.6 Å². The number of carbonyl (C=O) groups excluding carboxylic acids is 1. The molecule has 5 rings (SSSR count). The van der Waals surface area contributed by atoms with E-state index in [-0.39, 0.29) is 34.9 Å². The van der Waals surface area contributed by atoms with E-state index in [4.69, 9.17) is 10.7 Å². The Balaban J connectivity index is 1.77. The minimum atomic E-state index is -2.72. The Morgan fingerprint density at radius 1 is 1.18 bits per heavy atom. The minimum Gasteiger partial charge on any atom is -0.364 e. The van der Waals surface area contributed by atoms with Crippen LogP contribution in [0, 0.1) is 0 Å². The number of aromatic amines is 1. The van der Waals surface area contributed by atoms with Crippen molar-refractivity contribution >= 4 is 49.5 Å². The Morgan fingerprint density at radius 2 is 1.97 bits per heavy atom. The van der Waals surface area contributed by atoms with E-state index in [0.29, 0.717) is 35.6 Å². The highest BCUT2D eigenvalue weighted by atomic mass is 79.9. The number of carbonyl (C=O) groups is 1. The topological polar surface area (TPSA) is 105 Å². The molecule has 1 aliphatic rings. The summed E-state index contributed by atoms with van der Waals surface area (Å²) in [4.78, 5) is 39.0. The van der Waals surface area contributed by atoms with Gasteiger partial charge in [-0.3, -0.25) is 14.6 Å². The number of amides is 1. The SMILES string of the molecule is NC(=O)c1nccc2[nH]c(-c3cc4ccccc4nc3N3CCCC(F)(F)CC3)c(Br)c(=O)c12. The van der Waals surface area contributed by atoms with Gasteiger partial charge in [-0.15, -0.1) is 0 Å². The number of pyridine rings is 3. The number of hydrogen-bond acceptors (Lipinski definition) is 5. The molecule has 0 unspecified atom stereocenters. The van der Waals surface area contributed by atoms with Crippen LogP contribution in [0.4, 0.5) is 14.6 Å². The largest absolute Gasteiger partial charge is 0.364 e. The molecule has 0 radical (unpaired) electrons. The fourth-order valence-electron chi connectivity index (χ4n) is 4.39. The van der Waals surface area contributed by atoms with Gasteiger partial charge in [0.2, 0.25) is 11.4 Å². The number of anilines is 1. The highest BCUT2D eigenvalue weighted by Crippen LogP contribution is 2.37. The van der Waals surface area contributed by atoms with E-state index in [2.05, 4.69) is 25.9 Å². The first kappa shape index (κ1) is 22.4. The number of halogens is 3. The van der Waals surface area contributed by atoms with Crippen LogP contribution >= 0.6 is 15.9 Å². The van der Waals surface area contributed by atoms with Crippen LogP contribution in [0.25, 0.3) is 33.1 Å². The van der Waals surface area contributed by atoms with E-state index < -0.39 is 17.3 Å². The molecule has 0 spiro atoms. The molecule has 10 heteroatoms. The van der Waals surface area contributed by atoms with Gasteiger partial charge in [0, 0.05) is 43.1 Å². The van der Waals surface area contributed by atoms with Crippen LogP contribution in [0.5, 0.6) is 0 Å². The maximum atomic E-state index is 14.1. The fraction of sp³-hybridized carbons (Fsp3) is 0.250. The van der Waals surface area contributed by atoms with Crippen LogP contribution in [0.3, 0.4) is 0 Å². The van der Waals surface area contributed by atoms with Crippen molar-refractivity contribution in [3.8, 4) is 11.3 Å². The molecule has 0 saturated carbocycles. The van der Waals surface area contributed by atoms with Crippen molar-refractivity contribution in [3.05, 3.63) is 63.0 Å². The molecule has 174 valence electrons. The van der Waals surface area contributed by atoms with Crippen LogP contribution in [-0.4, -0.2) is 39.9 Å². The first-order valence-electron chi connectivity index (χ1n) is 10.8. The van der Waals surface area contributed by atoms with Crippen LogP contribution in [-0.2, 0) is 0 Å². The number of aromatic nitrogens is 3. The monoisotopic (exact) mass is 527 g/mol. The Bertz CT molecular complexity index is 1500. The van der Waals surface area contributed by atoms with Crippen LogP contribution in [0.2, 0.25) is 0 Å². The first-order valence-corrected chi connectivity index (χ1v) is 11.6. The number of nitrogens with zero attached hydrogens (tertiary/aromatic N) is 3. The summed E-state index contributed by atoms with van der Waals surface area (Å²) in [5.41, 5.74) is 6.97. The Labute approximate surface area is 201 Å². The molecule has 3 aromatic heterocycles. The molecule has 0 aliphatic carbocycles. The number of H-pyrrole nitrogens is 1. The number of benzene rings is 1. The van der Waals surface area contributed by atoms with Gasteiger partial charge >= 0.3 is 0 Å². The molecule has 3 N–H and O–H groups in total. The number of nitrogens with two attached hydrogens (primary N) is 1. The van der Waals surface area contributed by atoms with Gasteiger partial charge in [-0.2, -0.15) is 0 Å². The van der Waals surface area contributed by atoms with Crippen molar-refractivity contribution in [2.75, 3.05) is 18.0 Å². The second-order valence-electron chi connectivity index (χ2n) is 8.34. The summed E-state index contributed by atoms with van der Waals surface area (Å²) in [6, 6.07) is 11.0. The molecule has 1 fully saturated rings. The Morgan fingerprint density at radius 3 is 2.76 bits per heavy atom. The van der Waals surface area contributed by atoms with Crippen molar-refractivity contribution in [1.82, 2.24) is 15.0 Å². The summed E-state index contributed by atoms with van der Waals surface area (Å²) < 4.78 is 28.3. The van der Waals surface area contributed by atoms with E-state index >= 15 is 0 Å². The average molecular weight is 528 g/mol. The zero-order valence-electron chi connectivity index (χ0n) is 17.9. The number of alkyl halides is 2. The fourth-order valence-corrected chi connectivity index (χ4v) is 4.90. The van der Waals surface area contributed by atoms with Gasteiger partial charge in [-0.05, 0) is 40.5 Å². The Kier molecular flexibility index (Phi) is 5.55. The molecule has 1 aromatic carbocycles. The maximum absolute atomic E-state index is 14.1. The van der Waals surface area contributed by atoms with E-state index in [1.807, 2.05) is 35.2 Å². The smallest absolute Gasteiger partial charge is 0.268 e. The second kappa shape index (κ2) is 8.43. The van der Waals surface area contributed by atoms with Crippen molar-refractivity contribution in [1.29, 1.82) is 0 Å². The van der Waals surface area contributed by atoms with Crippen molar-refractivity contribution in [3.63, 3.8) is 0 Å². The third-order valence-electron chi connectivity index (χ3n) is 6.08. The summed E-state index contributed by atoms with van der Waals surface area (Å²) in [6.45, 7) is 0.551. The number of hydrogen-bond donors (Lipinski definition) is 2. The van der Waals surface area contributed by atoms with Gasteiger partial charge in [0.1, 0.15) is 11.5 Å². The number of rotatable bonds is 3. The molecule has 4 aromatic rings. The van der Waals surface area contributed by atoms with Crippen molar-refractivity contribution in [2.24, 2.45) is 5.73 Å². The lowest BCUT2D eigenvalue weighted by molar-refractivity contribution is -0.0102. The van der Waals surface area contributed by atoms with Gasteiger partial charge in [0.15, 0.2) is 0 Å². The average Bonchev–Trinajstić information content (AvgIpc) is 3.00. The summed E-state index contributed by atoms with van der Waals surface area (Å²) in [6.07, 6.45) is 1.27. The highest BCUT2D eigenvalue weighted by Gasteiger charge is 2.33. The normalized spacial score (nSPS) is 16.0. The highest BCUT2D eigenvalue weighted by molar-refractivity contribution is 9.10. The third kappa shape index (κ3) is 3.91. The lowest BCUT2D eigenvalue weighted by Crippen LogP contribution is -2.27. The van der Waals surface area contributed by atoms with Gasteiger partial charge in [-0.1, -0.05) is 18.2 Å². The van der Waals surface area contributed by atoms with E-state index in [0.717, 1.165) is 10.9 Å². The molecule has 1 saturated heterocycles. The van der Waals surface area contributed by atoms with E-state index in [1.165, 1.54) is 6.20 Å². The molecule has 0 bridgehead atoms. The molecular formula is C24H20BrF2N5O2. The van der Waals surface area contributed by atoms with E-state index in [1.54, 1.807) is 6.07 Å². The van der Waals surface area contributed by atoms with Crippen molar-refractivity contribution in [2.45, 2.75) is 25.2 Å². The predicted octanol–water partition coefficient (Wildman–Crippen LogP) is 4.63. The molecule has 1 aliphatic heterocycles. The van der Waals surface area contributed by atoms with Crippen LogP contribution in [0.1, 0.15) is 29.8 Å². The number of primary amides is 1. The van der Waals surface area contributed by atoms with Crippen molar-refractivity contribution < 1.29 is 13.6 Å². The number of fused-ring (bicyclic) bond motifs is 2. The lowest BCUT2D eigenvalue weighted by Gasteiger charge is -2.25. The predicted molar refractivity (Wildman–Crippen MR) is 130 cm³/mol. The molecule has 1 amide bonds.